The van der Waals surface area contributed by atoms with Crippen LogP contribution in [0.15, 0.2) is 182 Å². The Balaban J connectivity index is 1.01. The van der Waals surface area contributed by atoms with Gasteiger partial charge < -0.3 is 0 Å². The third kappa shape index (κ3) is 4.55. The summed E-state index contributed by atoms with van der Waals surface area (Å²) in [5.74, 6) is 0. The van der Waals surface area contributed by atoms with Crippen molar-refractivity contribution >= 4 is 53.9 Å². The molecule has 0 radical (unpaired) electrons. The summed E-state index contributed by atoms with van der Waals surface area (Å²) >= 11 is 0. The minimum Gasteiger partial charge on any atom is -0.0619 e. The molecule has 0 fully saturated rings. The minimum absolute atomic E-state index is 0.0241. The van der Waals surface area contributed by atoms with E-state index >= 15 is 0 Å². The molecule has 53 heavy (non-hydrogen) atoms. The highest BCUT2D eigenvalue weighted by atomic mass is 14.4. The topological polar surface area (TPSA) is 0 Å². The highest BCUT2D eigenvalue weighted by Crippen LogP contribution is 2.50. The summed E-state index contributed by atoms with van der Waals surface area (Å²) in [5.41, 5.74) is 13.0. The van der Waals surface area contributed by atoms with Gasteiger partial charge in [0.15, 0.2) is 0 Å². The van der Waals surface area contributed by atoms with Crippen LogP contribution in [0.3, 0.4) is 0 Å². The van der Waals surface area contributed by atoms with Crippen molar-refractivity contribution in [2.45, 2.75) is 19.3 Å². The van der Waals surface area contributed by atoms with E-state index < -0.39 is 0 Å². The first kappa shape index (κ1) is 30.2. The van der Waals surface area contributed by atoms with Crippen LogP contribution < -0.4 is 0 Å². The molecule has 0 atom stereocenters. The van der Waals surface area contributed by atoms with E-state index in [0.717, 1.165) is 0 Å². The summed E-state index contributed by atoms with van der Waals surface area (Å²) in [6.07, 6.45) is 0. The van der Waals surface area contributed by atoms with Crippen molar-refractivity contribution in [2.75, 3.05) is 0 Å². The SMILES string of the molecule is CC1(C)c2ccccc2-c2ccc(-c3ccc4c5ccc(-c6cccc(-c7ccc8c(ccc9ccccc98)c7)c6)cc5c5ccccc5c4c3)cc21. The fourth-order valence-electron chi connectivity index (χ4n) is 9.27. The number of fused-ring (bicyclic) bond motifs is 12. The number of rotatable bonds is 3. The maximum Gasteiger partial charge on any atom is 0.0159 e. The van der Waals surface area contributed by atoms with E-state index in [1.165, 1.54) is 109 Å². The van der Waals surface area contributed by atoms with Crippen LogP contribution >= 0.6 is 0 Å². The van der Waals surface area contributed by atoms with Gasteiger partial charge in [-0.3, -0.25) is 0 Å². The maximum atomic E-state index is 2.43. The quantitative estimate of drug-likeness (QED) is 0.164. The Morgan fingerprint density at radius 1 is 0.264 bits per heavy atom. The Labute approximate surface area is 309 Å². The molecule has 0 nitrogen and oxygen atoms in total. The van der Waals surface area contributed by atoms with E-state index in [-0.39, 0.29) is 5.41 Å². The molecule has 10 aromatic carbocycles. The maximum absolute atomic E-state index is 2.43. The fraction of sp³-hybridized carbons (Fsp3) is 0.0566. The summed E-state index contributed by atoms with van der Waals surface area (Å²) in [6, 6.07) is 68.0. The van der Waals surface area contributed by atoms with Crippen molar-refractivity contribution in [1.82, 2.24) is 0 Å². The summed E-state index contributed by atoms with van der Waals surface area (Å²) in [7, 11) is 0. The molecule has 0 heteroatoms. The predicted octanol–water partition coefficient (Wildman–Crippen LogP) is 14.8. The van der Waals surface area contributed by atoms with Crippen molar-refractivity contribution in [3.8, 4) is 44.5 Å². The molecule has 10 aromatic rings. The summed E-state index contributed by atoms with van der Waals surface area (Å²) in [6.45, 7) is 4.72. The van der Waals surface area contributed by atoms with Gasteiger partial charge in [-0.2, -0.15) is 0 Å². The molecule has 1 aliphatic carbocycles. The zero-order chi connectivity index (χ0) is 35.3. The Bertz CT molecular complexity index is 3120. The van der Waals surface area contributed by atoms with E-state index in [0.29, 0.717) is 0 Å². The second-order valence-corrected chi connectivity index (χ2v) is 15.3. The average molecular weight is 673 g/mol. The van der Waals surface area contributed by atoms with Crippen molar-refractivity contribution in [3.63, 3.8) is 0 Å². The molecule has 0 saturated heterocycles. The van der Waals surface area contributed by atoms with Gasteiger partial charge in [0.2, 0.25) is 0 Å². The molecular formula is C53H36. The van der Waals surface area contributed by atoms with Gasteiger partial charge in [-0.1, -0.05) is 166 Å². The molecular weight excluding hydrogens is 637 g/mol. The number of benzene rings is 10. The monoisotopic (exact) mass is 672 g/mol. The Kier molecular flexibility index (Phi) is 6.40. The standard InChI is InChI=1S/C53H36/c1-53(2)51-17-8-7-16-47(51)48-27-23-39(32-52(48)53)38-22-26-46-45-25-21-37(30-49(45)43-14-5-6-15-44(43)50(46)31-38)35-12-9-11-34(28-35)36-20-24-42-40(29-36)19-18-33-10-3-4-13-41(33)42/h3-32H,1-2H3. The van der Waals surface area contributed by atoms with Gasteiger partial charge in [-0.25, -0.2) is 0 Å². The largest absolute Gasteiger partial charge is 0.0619 e. The van der Waals surface area contributed by atoms with Crippen LogP contribution in [0.4, 0.5) is 0 Å². The molecule has 0 bridgehead atoms. The van der Waals surface area contributed by atoms with E-state index in [4.69, 9.17) is 0 Å². The molecule has 0 heterocycles. The third-order valence-corrected chi connectivity index (χ3v) is 12.0. The van der Waals surface area contributed by atoms with Crippen LogP contribution in [0, 0.1) is 0 Å². The first-order valence-electron chi connectivity index (χ1n) is 18.7. The van der Waals surface area contributed by atoms with Crippen LogP contribution in [0.2, 0.25) is 0 Å². The molecule has 0 unspecified atom stereocenters. The van der Waals surface area contributed by atoms with Gasteiger partial charge in [-0.15, -0.1) is 0 Å². The van der Waals surface area contributed by atoms with Gasteiger partial charge in [0, 0.05) is 5.41 Å². The van der Waals surface area contributed by atoms with Crippen LogP contribution in [-0.2, 0) is 5.41 Å². The average Bonchev–Trinajstić information content (AvgIpc) is 3.45. The third-order valence-electron chi connectivity index (χ3n) is 12.0. The molecule has 0 spiro atoms. The van der Waals surface area contributed by atoms with E-state index in [1.54, 1.807) is 0 Å². The van der Waals surface area contributed by atoms with Crippen LogP contribution in [0.25, 0.3) is 98.4 Å². The predicted molar refractivity (Wildman–Crippen MR) is 228 cm³/mol. The normalized spacial score (nSPS) is 13.2. The Morgan fingerprint density at radius 2 is 0.736 bits per heavy atom. The second-order valence-electron chi connectivity index (χ2n) is 15.3. The molecule has 0 aromatic heterocycles. The first-order chi connectivity index (χ1) is 26.0. The molecule has 0 N–H and O–H groups in total. The summed E-state index contributed by atoms with van der Waals surface area (Å²) in [5, 5.41) is 12.9. The zero-order valence-electron chi connectivity index (χ0n) is 29.8. The number of hydrogen-bond acceptors (Lipinski definition) is 0. The molecule has 248 valence electrons. The zero-order valence-corrected chi connectivity index (χ0v) is 29.8. The minimum atomic E-state index is -0.0241. The van der Waals surface area contributed by atoms with Crippen molar-refractivity contribution in [2.24, 2.45) is 0 Å². The van der Waals surface area contributed by atoms with E-state index in [2.05, 4.69) is 196 Å². The smallest absolute Gasteiger partial charge is 0.0159 e. The highest BCUT2D eigenvalue weighted by molar-refractivity contribution is 6.26. The molecule has 0 amide bonds. The Morgan fingerprint density at radius 3 is 1.45 bits per heavy atom. The van der Waals surface area contributed by atoms with Crippen LogP contribution in [0.5, 0.6) is 0 Å². The summed E-state index contributed by atoms with van der Waals surface area (Å²) in [4.78, 5) is 0. The van der Waals surface area contributed by atoms with Crippen molar-refractivity contribution < 1.29 is 0 Å². The van der Waals surface area contributed by atoms with E-state index in [1.807, 2.05) is 0 Å². The lowest BCUT2D eigenvalue weighted by atomic mass is 9.81. The van der Waals surface area contributed by atoms with Crippen LogP contribution in [0.1, 0.15) is 25.0 Å². The fourth-order valence-corrected chi connectivity index (χ4v) is 9.27. The van der Waals surface area contributed by atoms with Gasteiger partial charge >= 0.3 is 0 Å². The lowest BCUT2D eigenvalue weighted by molar-refractivity contribution is 0.660. The van der Waals surface area contributed by atoms with Gasteiger partial charge in [0.05, 0.1) is 0 Å². The molecule has 11 rings (SSSR count). The van der Waals surface area contributed by atoms with Crippen LogP contribution in [-0.4, -0.2) is 0 Å². The van der Waals surface area contributed by atoms with Crippen molar-refractivity contribution in [3.05, 3.63) is 193 Å². The Hall–Kier alpha value is -6.50. The molecule has 1 aliphatic rings. The molecule has 0 saturated carbocycles. The van der Waals surface area contributed by atoms with Crippen molar-refractivity contribution in [1.29, 1.82) is 0 Å². The van der Waals surface area contributed by atoms with E-state index in [9.17, 15) is 0 Å². The second kappa shape index (κ2) is 11.2. The van der Waals surface area contributed by atoms with Gasteiger partial charge in [-0.05, 0) is 140 Å². The van der Waals surface area contributed by atoms with Gasteiger partial charge in [0.25, 0.3) is 0 Å². The van der Waals surface area contributed by atoms with Gasteiger partial charge in [0.1, 0.15) is 0 Å². The summed E-state index contributed by atoms with van der Waals surface area (Å²) < 4.78 is 0. The number of hydrogen-bond donors (Lipinski definition) is 0. The first-order valence-corrected chi connectivity index (χ1v) is 18.7. The molecule has 0 aliphatic heterocycles. The lowest BCUT2D eigenvalue weighted by Crippen LogP contribution is -2.14. The lowest BCUT2D eigenvalue weighted by Gasteiger charge is -2.22. The highest BCUT2D eigenvalue weighted by Gasteiger charge is 2.35.